The van der Waals surface area contributed by atoms with E-state index in [0.29, 0.717) is 11.5 Å². The third kappa shape index (κ3) is 3.50. The Labute approximate surface area is 181 Å². The molecule has 4 aromatic rings. The Morgan fingerprint density at radius 1 is 1.19 bits per heavy atom. The molecule has 0 bridgehead atoms. The van der Waals surface area contributed by atoms with Gasteiger partial charge in [-0.25, -0.2) is 14.6 Å². The zero-order chi connectivity index (χ0) is 21.8. The molecule has 5 rings (SSSR count). The van der Waals surface area contributed by atoms with Gasteiger partial charge in [0.25, 0.3) is 5.91 Å². The molecule has 1 N–H and O–H groups in total. The minimum Gasteiger partial charge on any atom is -0.320 e. The van der Waals surface area contributed by atoms with Crippen molar-refractivity contribution in [1.29, 1.82) is 0 Å². The van der Waals surface area contributed by atoms with E-state index in [4.69, 9.17) is 10.1 Å². The number of amides is 1. The fourth-order valence-electron chi connectivity index (χ4n) is 3.94. The molecule has 0 atom stereocenters. The van der Waals surface area contributed by atoms with Crippen molar-refractivity contribution in [2.45, 2.75) is 52.0 Å². The van der Waals surface area contributed by atoms with Crippen LogP contribution in [0.3, 0.4) is 0 Å². The van der Waals surface area contributed by atoms with E-state index in [0.717, 1.165) is 46.6 Å². The Morgan fingerprint density at radius 3 is 2.65 bits per heavy atom. The number of hydrogen-bond donors (Lipinski definition) is 1. The number of hydrogen-bond acceptors (Lipinski definition) is 4. The molecule has 0 saturated heterocycles. The van der Waals surface area contributed by atoms with Gasteiger partial charge in [0.1, 0.15) is 0 Å². The largest absolute Gasteiger partial charge is 0.320 e. The minimum atomic E-state index is -0.233. The number of rotatable bonds is 4. The lowest BCUT2D eigenvalue weighted by Crippen LogP contribution is -2.24. The fourth-order valence-corrected chi connectivity index (χ4v) is 3.94. The number of anilines is 1. The lowest BCUT2D eigenvalue weighted by molar-refractivity contribution is 0.102. The van der Waals surface area contributed by atoms with Crippen LogP contribution in [0.4, 0.5) is 5.69 Å². The van der Waals surface area contributed by atoms with Crippen molar-refractivity contribution in [3.05, 3.63) is 66.0 Å². The van der Waals surface area contributed by atoms with Crippen LogP contribution in [0.1, 0.15) is 61.3 Å². The highest BCUT2D eigenvalue weighted by atomic mass is 16.1. The summed E-state index contributed by atoms with van der Waals surface area (Å²) in [6, 6.07) is 9.67. The van der Waals surface area contributed by atoms with Crippen LogP contribution in [-0.4, -0.2) is 30.2 Å². The molecule has 7 heteroatoms. The van der Waals surface area contributed by atoms with Gasteiger partial charge in [-0.05, 0) is 58.7 Å². The highest BCUT2D eigenvalue weighted by Gasteiger charge is 2.30. The van der Waals surface area contributed by atoms with Crippen molar-refractivity contribution in [3.63, 3.8) is 0 Å². The van der Waals surface area contributed by atoms with Gasteiger partial charge >= 0.3 is 0 Å². The van der Waals surface area contributed by atoms with E-state index in [9.17, 15) is 4.79 Å². The second-order valence-corrected chi connectivity index (χ2v) is 9.18. The standard InChI is InChI=1S/C24H26N6O/c1-15-21-17(13-19(16-9-10-16)26-22(21)30(28-15)24(2,3)4)23(31)27-18-7-5-6-8-20(18)29-12-11-25-14-29/h5-8,11-14,16H,9-10H2,1-4H3,(H,27,31). The van der Waals surface area contributed by atoms with Gasteiger partial charge < -0.3 is 9.88 Å². The van der Waals surface area contributed by atoms with Gasteiger partial charge in [-0.3, -0.25) is 4.79 Å². The first-order chi connectivity index (χ1) is 14.8. The lowest BCUT2D eigenvalue weighted by atomic mass is 10.1. The van der Waals surface area contributed by atoms with Crippen LogP contribution in [0.2, 0.25) is 0 Å². The van der Waals surface area contributed by atoms with Gasteiger partial charge in [0.05, 0.1) is 39.9 Å². The summed E-state index contributed by atoms with van der Waals surface area (Å²) < 4.78 is 3.83. The maximum Gasteiger partial charge on any atom is 0.256 e. The van der Waals surface area contributed by atoms with Crippen LogP contribution in [0.15, 0.2) is 49.1 Å². The SMILES string of the molecule is Cc1nn(C(C)(C)C)c2nc(C3CC3)cc(C(=O)Nc3ccccc3-n3ccnc3)c12. The molecular weight excluding hydrogens is 388 g/mol. The van der Waals surface area contributed by atoms with E-state index in [2.05, 4.69) is 31.1 Å². The topological polar surface area (TPSA) is 77.6 Å². The molecule has 0 spiro atoms. The number of pyridine rings is 1. The van der Waals surface area contributed by atoms with Crippen molar-refractivity contribution < 1.29 is 4.79 Å². The zero-order valence-electron chi connectivity index (χ0n) is 18.3. The maximum absolute atomic E-state index is 13.6. The minimum absolute atomic E-state index is 0.154. The third-order valence-corrected chi connectivity index (χ3v) is 5.64. The van der Waals surface area contributed by atoms with Crippen LogP contribution >= 0.6 is 0 Å². The molecule has 1 aliphatic carbocycles. The number of nitrogens with one attached hydrogen (secondary N) is 1. The number of para-hydroxylation sites is 2. The monoisotopic (exact) mass is 414 g/mol. The molecule has 1 saturated carbocycles. The van der Waals surface area contributed by atoms with E-state index in [1.165, 1.54) is 0 Å². The van der Waals surface area contributed by atoms with Gasteiger partial charge in [0, 0.05) is 24.0 Å². The summed E-state index contributed by atoms with van der Waals surface area (Å²) in [6.07, 6.45) is 7.53. The Morgan fingerprint density at radius 2 is 1.97 bits per heavy atom. The number of aryl methyl sites for hydroxylation is 1. The molecule has 0 unspecified atom stereocenters. The number of carbonyl (C=O) groups excluding carboxylic acids is 1. The number of fused-ring (bicyclic) bond motifs is 1. The van der Waals surface area contributed by atoms with Crippen LogP contribution in [-0.2, 0) is 5.54 Å². The summed E-state index contributed by atoms with van der Waals surface area (Å²) in [5.41, 5.74) is 4.55. The average molecular weight is 415 g/mol. The number of nitrogens with zero attached hydrogens (tertiary/aromatic N) is 5. The molecule has 1 fully saturated rings. The van der Waals surface area contributed by atoms with Crippen LogP contribution in [0, 0.1) is 6.92 Å². The van der Waals surface area contributed by atoms with Crippen LogP contribution < -0.4 is 5.32 Å². The first-order valence-electron chi connectivity index (χ1n) is 10.6. The Balaban J connectivity index is 1.62. The smallest absolute Gasteiger partial charge is 0.256 e. The number of carbonyl (C=O) groups is 1. The van der Waals surface area contributed by atoms with Gasteiger partial charge in [-0.1, -0.05) is 12.1 Å². The summed E-state index contributed by atoms with van der Waals surface area (Å²) in [5.74, 6) is 0.274. The van der Waals surface area contributed by atoms with Crippen molar-refractivity contribution in [2.24, 2.45) is 0 Å². The van der Waals surface area contributed by atoms with Crippen molar-refractivity contribution in [1.82, 2.24) is 24.3 Å². The molecule has 31 heavy (non-hydrogen) atoms. The van der Waals surface area contributed by atoms with E-state index < -0.39 is 0 Å². The first-order valence-corrected chi connectivity index (χ1v) is 10.6. The Bertz CT molecular complexity index is 1280. The second-order valence-electron chi connectivity index (χ2n) is 9.18. The molecule has 1 aromatic carbocycles. The second kappa shape index (κ2) is 7.04. The highest BCUT2D eigenvalue weighted by Crippen LogP contribution is 2.41. The van der Waals surface area contributed by atoms with E-state index in [-0.39, 0.29) is 11.4 Å². The average Bonchev–Trinajstić information content (AvgIpc) is 3.33. The van der Waals surface area contributed by atoms with Crippen LogP contribution in [0.5, 0.6) is 0 Å². The molecule has 158 valence electrons. The number of aromatic nitrogens is 5. The fraction of sp³-hybridized carbons (Fsp3) is 0.333. The van der Waals surface area contributed by atoms with E-state index in [1.54, 1.807) is 12.5 Å². The summed E-state index contributed by atoms with van der Waals surface area (Å²) in [5, 5.41) is 8.69. The van der Waals surface area contributed by atoms with E-state index >= 15 is 0 Å². The Kier molecular flexibility index (Phi) is 4.43. The summed E-state index contributed by atoms with van der Waals surface area (Å²) in [6.45, 7) is 8.25. The quantitative estimate of drug-likeness (QED) is 0.520. The van der Waals surface area contributed by atoms with Gasteiger partial charge in [-0.15, -0.1) is 0 Å². The molecule has 0 radical (unpaired) electrons. The molecule has 1 amide bonds. The van der Waals surface area contributed by atoms with E-state index in [1.807, 2.05) is 52.7 Å². The predicted molar refractivity (Wildman–Crippen MR) is 121 cm³/mol. The molecule has 3 aromatic heterocycles. The molecule has 1 aliphatic rings. The maximum atomic E-state index is 13.6. The normalized spacial score (nSPS) is 14.2. The summed E-state index contributed by atoms with van der Waals surface area (Å²) in [7, 11) is 0. The molecule has 3 heterocycles. The number of imidazole rings is 1. The Hall–Kier alpha value is -3.48. The summed E-state index contributed by atoms with van der Waals surface area (Å²) >= 11 is 0. The molecular formula is C24H26N6O. The molecule has 0 aliphatic heterocycles. The van der Waals surface area contributed by atoms with Gasteiger partial charge in [0.2, 0.25) is 0 Å². The molecule has 7 nitrogen and oxygen atoms in total. The number of benzene rings is 1. The summed E-state index contributed by atoms with van der Waals surface area (Å²) in [4.78, 5) is 22.6. The first kappa shape index (κ1) is 19.5. The highest BCUT2D eigenvalue weighted by molar-refractivity contribution is 6.13. The lowest BCUT2D eigenvalue weighted by Gasteiger charge is -2.20. The zero-order valence-corrected chi connectivity index (χ0v) is 18.3. The van der Waals surface area contributed by atoms with Gasteiger partial charge in [-0.2, -0.15) is 5.10 Å². The van der Waals surface area contributed by atoms with Crippen molar-refractivity contribution >= 4 is 22.6 Å². The predicted octanol–water partition coefficient (Wildman–Crippen LogP) is 4.81. The van der Waals surface area contributed by atoms with Crippen molar-refractivity contribution in [3.8, 4) is 5.69 Å². The van der Waals surface area contributed by atoms with Gasteiger partial charge in [0.15, 0.2) is 5.65 Å². The van der Waals surface area contributed by atoms with Crippen molar-refractivity contribution in [2.75, 3.05) is 5.32 Å². The third-order valence-electron chi connectivity index (χ3n) is 5.64. The van der Waals surface area contributed by atoms with Crippen LogP contribution in [0.25, 0.3) is 16.7 Å².